The fourth-order valence-electron chi connectivity index (χ4n) is 1.25. The molecule has 2 unspecified atom stereocenters. The summed E-state index contributed by atoms with van der Waals surface area (Å²) in [7, 11) is 0. The van der Waals surface area contributed by atoms with E-state index < -0.39 is 0 Å². The zero-order chi connectivity index (χ0) is 6.97. The van der Waals surface area contributed by atoms with Gasteiger partial charge < -0.3 is 9.47 Å². The van der Waals surface area contributed by atoms with Crippen LogP contribution >= 0.6 is 0 Å². The van der Waals surface area contributed by atoms with Crippen LogP contribution in [0.2, 0.25) is 0 Å². The Hall–Kier alpha value is -0.380. The maximum atomic E-state index is 5.23. The summed E-state index contributed by atoms with van der Waals surface area (Å²) in [5.41, 5.74) is 0. The number of rotatable bonds is 2. The van der Waals surface area contributed by atoms with Gasteiger partial charge in [0.15, 0.2) is 12.5 Å². The average Bonchev–Trinajstić information content (AvgIpc) is 2.67. The molecule has 2 saturated heterocycles. The molecule has 2 rings (SSSR count). The number of nitrogens with zero attached hydrogens (tertiary/aromatic N) is 1. The van der Waals surface area contributed by atoms with Gasteiger partial charge in [-0.15, -0.1) is 6.58 Å². The monoisotopic (exact) mass is 141 g/mol. The van der Waals surface area contributed by atoms with E-state index in [1.165, 1.54) is 0 Å². The second-order valence-corrected chi connectivity index (χ2v) is 2.55. The van der Waals surface area contributed by atoms with E-state index in [2.05, 4.69) is 11.5 Å². The van der Waals surface area contributed by atoms with E-state index in [0.717, 1.165) is 19.7 Å². The lowest BCUT2D eigenvalue weighted by atomic mass is 10.4. The van der Waals surface area contributed by atoms with Crippen molar-refractivity contribution >= 4 is 0 Å². The molecule has 0 aliphatic carbocycles. The van der Waals surface area contributed by atoms with Crippen molar-refractivity contribution in [2.75, 3.05) is 19.7 Å². The van der Waals surface area contributed by atoms with Crippen LogP contribution in [0.25, 0.3) is 0 Å². The van der Waals surface area contributed by atoms with Gasteiger partial charge in [0, 0.05) is 13.1 Å². The molecule has 0 spiro atoms. The summed E-state index contributed by atoms with van der Waals surface area (Å²) in [6, 6.07) is 0. The van der Waals surface area contributed by atoms with Crippen LogP contribution in [0.1, 0.15) is 0 Å². The molecule has 56 valence electrons. The summed E-state index contributed by atoms with van der Waals surface area (Å²) in [5, 5.41) is 0. The first kappa shape index (κ1) is 6.34. The van der Waals surface area contributed by atoms with Crippen molar-refractivity contribution in [3.8, 4) is 0 Å². The highest BCUT2D eigenvalue weighted by Gasteiger charge is 2.47. The number of epoxide rings is 1. The van der Waals surface area contributed by atoms with Gasteiger partial charge in [-0.1, -0.05) is 6.08 Å². The van der Waals surface area contributed by atoms with Gasteiger partial charge in [0.05, 0.1) is 6.61 Å². The predicted octanol–water partition coefficient (Wildman–Crippen LogP) is 0.187. The van der Waals surface area contributed by atoms with E-state index >= 15 is 0 Å². The number of morpholine rings is 1. The second-order valence-electron chi connectivity index (χ2n) is 2.55. The second kappa shape index (κ2) is 2.34. The molecule has 10 heavy (non-hydrogen) atoms. The number of hydrogen-bond donors (Lipinski definition) is 0. The van der Waals surface area contributed by atoms with Crippen LogP contribution in [0.15, 0.2) is 12.7 Å². The molecule has 2 fully saturated rings. The van der Waals surface area contributed by atoms with Gasteiger partial charge in [-0.2, -0.15) is 0 Å². The first-order valence-corrected chi connectivity index (χ1v) is 3.54. The number of hydrogen-bond acceptors (Lipinski definition) is 3. The summed E-state index contributed by atoms with van der Waals surface area (Å²) in [6.07, 6.45) is 2.18. The minimum Gasteiger partial charge on any atom is -0.347 e. The van der Waals surface area contributed by atoms with E-state index in [9.17, 15) is 0 Å². The lowest BCUT2D eigenvalue weighted by molar-refractivity contribution is 0.0236. The molecule has 2 heterocycles. The largest absolute Gasteiger partial charge is 0.347 e. The summed E-state index contributed by atoms with van der Waals surface area (Å²) < 4.78 is 10.4. The third kappa shape index (κ3) is 0.963. The lowest BCUT2D eigenvalue weighted by Gasteiger charge is -2.20. The van der Waals surface area contributed by atoms with Crippen LogP contribution < -0.4 is 0 Å². The van der Waals surface area contributed by atoms with E-state index in [1.54, 1.807) is 0 Å². The van der Waals surface area contributed by atoms with Gasteiger partial charge in [-0.25, -0.2) is 0 Å². The standard InChI is InChI=1S/C7H11NO2/c1-2-3-8-4-5-9-7-6(8)10-7/h2,6-7H,1,3-5H2. The zero-order valence-electron chi connectivity index (χ0n) is 5.82. The SMILES string of the molecule is C=CCN1CCOC2OC21. The Bertz CT molecular complexity index is 149. The molecular weight excluding hydrogens is 130 g/mol. The summed E-state index contributed by atoms with van der Waals surface area (Å²) in [4.78, 5) is 2.22. The average molecular weight is 141 g/mol. The van der Waals surface area contributed by atoms with Crippen LogP contribution in [-0.4, -0.2) is 37.1 Å². The van der Waals surface area contributed by atoms with Crippen molar-refractivity contribution in [1.29, 1.82) is 0 Å². The molecule has 3 heteroatoms. The topological polar surface area (TPSA) is 25.0 Å². The lowest BCUT2D eigenvalue weighted by Crippen LogP contribution is -2.36. The van der Waals surface area contributed by atoms with E-state index in [0.29, 0.717) is 0 Å². The summed E-state index contributed by atoms with van der Waals surface area (Å²) in [5.74, 6) is 0. The van der Waals surface area contributed by atoms with Crippen LogP contribution in [0.4, 0.5) is 0 Å². The quantitative estimate of drug-likeness (QED) is 0.405. The summed E-state index contributed by atoms with van der Waals surface area (Å²) in [6.45, 7) is 6.33. The molecule has 0 aromatic carbocycles. The van der Waals surface area contributed by atoms with E-state index in [4.69, 9.17) is 9.47 Å². The third-order valence-electron chi connectivity index (χ3n) is 1.81. The van der Waals surface area contributed by atoms with Crippen molar-refractivity contribution in [3.05, 3.63) is 12.7 Å². The van der Waals surface area contributed by atoms with Crippen LogP contribution in [0, 0.1) is 0 Å². The molecule has 0 saturated carbocycles. The molecule has 0 aromatic rings. The molecule has 0 aromatic heterocycles. The van der Waals surface area contributed by atoms with Crippen molar-refractivity contribution in [3.63, 3.8) is 0 Å². The zero-order valence-corrected chi connectivity index (χ0v) is 5.82. The molecule has 2 aliphatic rings. The van der Waals surface area contributed by atoms with Gasteiger partial charge in [-0.3, -0.25) is 4.90 Å². The maximum Gasteiger partial charge on any atom is 0.199 e. The highest BCUT2D eigenvalue weighted by Crippen LogP contribution is 2.29. The van der Waals surface area contributed by atoms with E-state index in [1.807, 2.05) is 6.08 Å². The summed E-state index contributed by atoms with van der Waals surface area (Å²) >= 11 is 0. The van der Waals surface area contributed by atoms with Crippen molar-refractivity contribution in [1.82, 2.24) is 4.90 Å². The van der Waals surface area contributed by atoms with Crippen molar-refractivity contribution < 1.29 is 9.47 Å². The minimum atomic E-state index is 0.0636. The molecule has 0 amide bonds. The molecule has 0 bridgehead atoms. The third-order valence-corrected chi connectivity index (χ3v) is 1.81. The Kier molecular flexibility index (Phi) is 1.48. The first-order chi connectivity index (χ1) is 4.92. The van der Waals surface area contributed by atoms with Gasteiger partial charge in [0.1, 0.15) is 0 Å². The van der Waals surface area contributed by atoms with Crippen molar-refractivity contribution in [2.24, 2.45) is 0 Å². The van der Waals surface area contributed by atoms with Gasteiger partial charge in [-0.05, 0) is 0 Å². The Morgan fingerprint density at radius 1 is 1.70 bits per heavy atom. The first-order valence-electron chi connectivity index (χ1n) is 3.54. The maximum absolute atomic E-state index is 5.23. The highest BCUT2D eigenvalue weighted by atomic mass is 16.8. The molecule has 0 radical (unpaired) electrons. The predicted molar refractivity (Wildman–Crippen MR) is 36.4 cm³/mol. The Labute approximate surface area is 60.2 Å². The van der Waals surface area contributed by atoms with Gasteiger partial charge in [0.2, 0.25) is 0 Å². The smallest absolute Gasteiger partial charge is 0.199 e. The highest BCUT2D eigenvalue weighted by molar-refractivity contribution is 4.86. The van der Waals surface area contributed by atoms with Crippen LogP contribution in [-0.2, 0) is 9.47 Å². The van der Waals surface area contributed by atoms with Crippen LogP contribution in [0.3, 0.4) is 0 Å². The fraction of sp³-hybridized carbons (Fsp3) is 0.714. The van der Waals surface area contributed by atoms with Crippen LogP contribution in [0.5, 0.6) is 0 Å². The molecule has 3 nitrogen and oxygen atoms in total. The molecular formula is C7H11NO2. The Morgan fingerprint density at radius 3 is 3.40 bits per heavy atom. The minimum absolute atomic E-state index is 0.0636. The number of ether oxygens (including phenoxy) is 2. The molecule has 0 N–H and O–H groups in total. The van der Waals surface area contributed by atoms with E-state index in [-0.39, 0.29) is 12.5 Å². The van der Waals surface area contributed by atoms with Gasteiger partial charge >= 0.3 is 0 Å². The van der Waals surface area contributed by atoms with Crippen molar-refractivity contribution in [2.45, 2.75) is 12.5 Å². The Balaban J connectivity index is 1.89. The molecule has 2 atom stereocenters. The molecule has 2 aliphatic heterocycles. The number of fused-ring (bicyclic) bond motifs is 1. The van der Waals surface area contributed by atoms with Gasteiger partial charge in [0.25, 0.3) is 0 Å². The Morgan fingerprint density at radius 2 is 2.60 bits per heavy atom. The normalized spacial score (nSPS) is 38.8. The fourth-order valence-corrected chi connectivity index (χ4v) is 1.25.